The molecule has 0 saturated carbocycles. The van der Waals surface area contributed by atoms with Crippen LogP contribution in [0.2, 0.25) is 0 Å². The molecular weight excluding hydrogens is 514 g/mol. The number of fused-ring (bicyclic) bond motifs is 1. The van der Waals surface area contributed by atoms with Gasteiger partial charge in [0, 0.05) is 26.2 Å². The summed E-state index contributed by atoms with van der Waals surface area (Å²) in [7, 11) is 0. The SMILES string of the molecule is CCNC(=NCCc1ccc2c(c1)OCO2)NCCNC(=O)Cc1ccc(F)cc1.I. The minimum atomic E-state index is -0.308. The molecule has 9 heteroatoms. The highest BCUT2D eigenvalue weighted by molar-refractivity contribution is 14.0. The molecule has 2 aromatic carbocycles. The Kier molecular flexibility index (Phi) is 10.3. The number of guanidine groups is 1. The number of amides is 1. The molecule has 1 amide bonds. The van der Waals surface area contributed by atoms with Gasteiger partial charge in [0.25, 0.3) is 0 Å². The van der Waals surface area contributed by atoms with Crippen LogP contribution in [0.4, 0.5) is 4.39 Å². The number of hydrogen-bond donors (Lipinski definition) is 3. The monoisotopic (exact) mass is 542 g/mol. The molecule has 0 bridgehead atoms. The molecule has 2 aromatic rings. The van der Waals surface area contributed by atoms with E-state index in [1.54, 1.807) is 12.1 Å². The summed E-state index contributed by atoms with van der Waals surface area (Å²) < 4.78 is 23.6. The van der Waals surface area contributed by atoms with E-state index in [1.165, 1.54) is 12.1 Å². The van der Waals surface area contributed by atoms with Gasteiger partial charge in [-0.05, 0) is 48.7 Å². The minimum absolute atomic E-state index is 0. The Labute approximate surface area is 198 Å². The van der Waals surface area contributed by atoms with Crippen LogP contribution < -0.4 is 25.4 Å². The smallest absolute Gasteiger partial charge is 0.231 e. The molecular formula is C22H28FIN4O3. The van der Waals surface area contributed by atoms with Gasteiger partial charge in [-0.15, -0.1) is 24.0 Å². The number of hydrogen-bond acceptors (Lipinski definition) is 4. The van der Waals surface area contributed by atoms with E-state index in [9.17, 15) is 9.18 Å². The van der Waals surface area contributed by atoms with E-state index in [0.717, 1.165) is 35.6 Å². The second-order valence-corrected chi connectivity index (χ2v) is 6.78. The summed E-state index contributed by atoms with van der Waals surface area (Å²) in [6.45, 7) is 4.64. The maximum Gasteiger partial charge on any atom is 0.231 e. The fourth-order valence-corrected chi connectivity index (χ4v) is 2.97. The lowest BCUT2D eigenvalue weighted by molar-refractivity contribution is -0.120. The molecule has 0 aliphatic carbocycles. The molecule has 0 atom stereocenters. The average Bonchev–Trinajstić information content (AvgIpc) is 3.21. The van der Waals surface area contributed by atoms with Crippen LogP contribution in [0.15, 0.2) is 47.5 Å². The third kappa shape index (κ3) is 8.23. The molecule has 0 fully saturated rings. The Morgan fingerprint density at radius 2 is 1.71 bits per heavy atom. The molecule has 3 rings (SSSR count). The highest BCUT2D eigenvalue weighted by Crippen LogP contribution is 2.32. The van der Waals surface area contributed by atoms with Gasteiger partial charge in [-0.2, -0.15) is 0 Å². The first-order valence-electron chi connectivity index (χ1n) is 10.1. The van der Waals surface area contributed by atoms with Crippen LogP contribution in [-0.2, 0) is 17.6 Å². The summed E-state index contributed by atoms with van der Waals surface area (Å²) in [6.07, 6.45) is 1.01. The molecule has 0 unspecified atom stereocenters. The van der Waals surface area contributed by atoms with Gasteiger partial charge in [0.05, 0.1) is 6.42 Å². The van der Waals surface area contributed by atoms with E-state index < -0.39 is 0 Å². The largest absolute Gasteiger partial charge is 0.454 e. The van der Waals surface area contributed by atoms with Gasteiger partial charge < -0.3 is 25.4 Å². The van der Waals surface area contributed by atoms with Crippen LogP contribution in [0, 0.1) is 5.82 Å². The second-order valence-electron chi connectivity index (χ2n) is 6.78. The predicted molar refractivity (Wildman–Crippen MR) is 129 cm³/mol. The van der Waals surface area contributed by atoms with Crippen molar-refractivity contribution in [2.45, 2.75) is 19.8 Å². The fraction of sp³-hybridized carbons (Fsp3) is 0.364. The Hall–Kier alpha value is -2.56. The molecule has 0 radical (unpaired) electrons. The first-order chi connectivity index (χ1) is 14.6. The van der Waals surface area contributed by atoms with Crippen LogP contribution in [0.3, 0.4) is 0 Å². The first-order valence-corrected chi connectivity index (χ1v) is 10.1. The standard InChI is InChI=1S/C22H27FN4O3.HI/c1-2-24-22(26-10-9-17-5-8-19-20(13-17)30-15-29-19)27-12-11-25-21(28)14-16-3-6-18(23)7-4-16;/h3-8,13H,2,9-12,14-15H2,1H3,(H,25,28)(H2,24,26,27);1H. The van der Waals surface area contributed by atoms with Crippen LogP contribution in [0.1, 0.15) is 18.1 Å². The summed E-state index contributed by atoms with van der Waals surface area (Å²) in [5.74, 6) is 1.84. The molecule has 1 heterocycles. The summed E-state index contributed by atoms with van der Waals surface area (Å²) in [4.78, 5) is 16.5. The van der Waals surface area contributed by atoms with E-state index >= 15 is 0 Å². The number of nitrogens with zero attached hydrogens (tertiary/aromatic N) is 1. The van der Waals surface area contributed by atoms with E-state index in [0.29, 0.717) is 25.6 Å². The van der Waals surface area contributed by atoms with Crippen LogP contribution >= 0.6 is 24.0 Å². The summed E-state index contributed by atoms with van der Waals surface area (Å²) in [5, 5.41) is 9.24. The van der Waals surface area contributed by atoms with Gasteiger partial charge >= 0.3 is 0 Å². The van der Waals surface area contributed by atoms with Crippen molar-refractivity contribution in [1.82, 2.24) is 16.0 Å². The molecule has 1 aliphatic heterocycles. The van der Waals surface area contributed by atoms with E-state index in [4.69, 9.17) is 9.47 Å². The maximum atomic E-state index is 12.9. The highest BCUT2D eigenvalue weighted by atomic mass is 127. The third-order valence-corrected chi connectivity index (χ3v) is 4.47. The number of aliphatic imine (C=N–C) groups is 1. The zero-order chi connectivity index (χ0) is 21.2. The molecule has 0 saturated heterocycles. The first kappa shape index (κ1) is 24.7. The zero-order valence-electron chi connectivity index (χ0n) is 17.4. The van der Waals surface area contributed by atoms with Crippen LogP contribution in [-0.4, -0.2) is 44.8 Å². The maximum absolute atomic E-state index is 12.9. The molecule has 168 valence electrons. The van der Waals surface area contributed by atoms with Crippen molar-refractivity contribution in [2.75, 3.05) is 33.0 Å². The topological polar surface area (TPSA) is 84.0 Å². The summed E-state index contributed by atoms with van der Waals surface area (Å²) >= 11 is 0. The van der Waals surface area contributed by atoms with Crippen molar-refractivity contribution < 1.29 is 18.7 Å². The number of carbonyl (C=O) groups excluding carboxylic acids is 1. The lowest BCUT2D eigenvalue weighted by Gasteiger charge is -2.12. The molecule has 1 aliphatic rings. The number of benzene rings is 2. The van der Waals surface area contributed by atoms with Gasteiger partial charge in [0.2, 0.25) is 12.7 Å². The quantitative estimate of drug-likeness (QED) is 0.197. The van der Waals surface area contributed by atoms with Crippen LogP contribution in [0.25, 0.3) is 0 Å². The number of rotatable bonds is 9. The minimum Gasteiger partial charge on any atom is -0.454 e. The number of carbonyl (C=O) groups is 1. The van der Waals surface area contributed by atoms with E-state index in [2.05, 4.69) is 20.9 Å². The zero-order valence-corrected chi connectivity index (χ0v) is 19.8. The number of halogens is 2. The third-order valence-electron chi connectivity index (χ3n) is 4.47. The van der Waals surface area contributed by atoms with Gasteiger partial charge in [-0.1, -0.05) is 18.2 Å². The lowest BCUT2D eigenvalue weighted by atomic mass is 10.1. The molecule has 0 aromatic heterocycles. The second kappa shape index (κ2) is 13.0. The number of nitrogens with one attached hydrogen (secondary N) is 3. The van der Waals surface area contributed by atoms with Gasteiger partial charge in [0.1, 0.15) is 5.82 Å². The fourth-order valence-electron chi connectivity index (χ4n) is 2.97. The Morgan fingerprint density at radius 3 is 2.48 bits per heavy atom. The Morgan fingerprint density at radius 1 is 1.00 bits per heavy atom. The Balaban J connectivity index is 0.00000341. The molecule has 7 nitrogen and oxygen atoms in total. The lowest BCUT2D eigenvalue weighted by Crippen LogP contribution is -2.41. The van der Waals surface area contributed by atoms with Crippen molar-refractivity contribution in [1.29, 1.82) is 0 Å². The average molecular weight is 542 g/mol. The molecule has 31 heavy (non-hydrogen) atoms. The van der Waals surface area contributed by atoms with Crippen LogP contribution in [0.5, 0.6) is 11.5 Å². The van der Waals surface area contributed by atoms with Gasteiger partial charge in [-0.25, -0.2) is 4.39 Å². The number of ether oxygens (including phenoxy) is 2. The van der Waals surface area contributed by atoms with Gasteiger partial charge in [-0.3, -0.25) is 9.79 Å². The Bertz CT molecular complexity index is 878. The van der Waals surface area contributed by atoms with E-state index in [1.807, 2.05) is 25.1 Å². The van der Waals surface area contributed by atoms with Crippen molar-refractivity contribution >= 4 is 35.8 Å². The predicted octanol–water partition coefficient (Wildman–Crippen LogP) is 2.63. The molecule has 0 spiro atoms. The summed E-state index contributed by atoms with van der Waals surface area (Å²) in [6, 6.07) is 11.8. The summed E-state index contributed by atoms with van der Waals surface area (Å²) in [5.41, 5.74) is 1.91. The van der Waals surface area contributed by atoms with Crippen molar-refractivity contribution in [3.05, 3.63) is 59.4 Å². The van der Waals surface area contributed by atoms with Crippen molar-refractivity contribution in [3.63, 3.8) is 0 Å². The van der Waals surface area contributed by atoms with Gasteiger partial charge in [0.15, 0.2) is 17.5 Å². The van der Waals surface area contributed by atoms with E-state index in [-0.39, 0.29) is 48.9 Å². The van der Waals surface area contributed by atoms with Crippen molar-refractivity contribution in [2.24, 2.45) is 4.99 Å². The normalized spacial score (nSPS) is 12.1. The highest BCUT2D eigenvalue weighted by Gasteiger charge is 2.12. The van der Waals surface area contributed by atoms with Crippen molar-refractivity contribution in [3.8, 4) is 11.5 Å². The molecule has 3 N–H and O–H groups in total.